The molecule has 0 radical (unpaired) electrons. The van der Waals surface area contributed by atoms with Crippen LogP contribution in [0, 0.1) is 12.7 Å². The van der Waals surface area contributed by atoms with Crippen LogP contribution in [-0.4, -0.2) is 11.0 Å². The predicted octanol–water partition coefficient (Wildman–Crippen LogP) is 3.09. The van der Waals surface area contributed by atoms with Crippen molar-refractivity contribution in [2.75, 3.05) is 5.32 Å². The number of aromatic hydroxyl groups is 1. The molecule has 2 aromatic rings. The third kappa shape index (κ3) is 2.66. The van der Waals surface area contributed by atoms with Crippen LogP contribution in [0.2, 0.25) is 0 Å². The van der Waals surface area contributed by atoms with Crippen LogP contribution in [0.5, 0.6) is 5.75 Å². The lowest BCUT2D eigenvalue weighted by molar-refractivity contribution is 0.102. The third-order valence-corrected chi connectivity index (χ3v) is 2.54. The van der Waals surface area contributed by atoms with Crippen molar-refractivity contribution in [1.82, 2.24) is 0 Å². The van der Waals surface area contributed by atoms with E-state index in [0.29, 0.717) is 16.8 Å². The maximum absolute atomic E-state index is 13.0. The highest BCUT2D eigenvalue weighted by molar-refractivity contribution is 6.04. The van der Waals surface area contributed by atoms with E-state index in [9.17, 15) is 14.3 Å². The number of carbonyl (C=O) groups is 1. The second-order valence-electron chi connectivity index (χ2n) is 3.97. The second kappa shape index (κ2) is 4.87. The predicted molar refractivity (Wildman–Crippen MR) is 67.2 cm³/mol. The first kappa shape index (κ1) is 12.1. The van der Waals surface area contributed by atoms with Gasteiger partial charge in [-0.2, -0.15) is 0 Å². The van der Waals surface area contributed by atoms with Gasteiger partial charge in [-0.1, -0.05) is 6.07 Å². The molecule has 0 bridgehead atoms. The van der Waals surface area contributed by atoms with E-state index in [2.05, 4.69) is 5.32 Å². The number of rotatable bonds is 2. The lowest BCUT2D eigenvalue weighted by Gasteiger charge is -2.06. The SMILES string of the molecule is Cc1cc(C(=O)Nc2cccc(F)c2)ccc1O. The molecule has 0 saturated heterocycles. The lowest BCUT2D eigenvalue weighted by atomic mass is 10.1. The number of hydrogen-bond donors (Lipinski definition) is 2. The molecule has 3 nitrogen and oxygen atoms in total. The molecule has 0 saturated carbocycles. The number of amides is 1. The fourth-order valence-corrected chi connectivity index (χ4v) is 1.57. The molecule has 2 rings (SSSR count). The Morgan fingerprint density at radius 3 is 2.67 bits per heavy atom. The average molecular weight is 245 g/mol. The molecule has 0 atom stereocenters. The lowest BCUT2D eigenvalue weighted by Crippen LogP contribution is -2.12. The van der Waals surface area contributed by atoms with Gasteiger partial charge < -0.3 is 10.4 Å². The first-order chi connectivity index (χ1) is 8.56. The van der Waals surface area contributed by atoms with Crippen molar-refractivity contribution in [3.05, 3.63) is 59.4 Å². The zero-order valence-electron chi connectivity index (χ0n) is 9.77. The number of phenolic OH excluding ortho intramolecular Hbond substituents is 1. The summed E-state index contributed by atoms with van der Waals surface area (Å²) in [5.41, 5.74) is 1.42. The summed E-state index contributed by atoms with van der Waals surface area (Å²) in [7, 11) is 0. The average Bonchev–Trinajstić information content (AvgIpc) is 2.32. The second-order valence-corrected chi connectivity index (χ2v) is 3.97. The quantitative estimate of drug-likeness (QED) is 0.854. The van der Waals surface area contributed by atoms with E-state index in [0.717, 1.165) is 0 Å². The van der Waals surface area contributed by atoms with Crippen molar-refractivity contribution in [2.45, 2.75) is 6.92 Å². The molecule has 0 heterocycles. The molecule has 0 aliphatic rings. The van der Waals surface area contributed by atoms with Gasteiger partial charge >= 0.3 is 0 Å². The first-order valence-corrected chi connectivity index (χ1v) is 5.43. The number of aryl methyl sites for hydroxylation is 1. The first-order valence-electron chi connectivity index (χ1n) is 5.43. The topological polar surface area (TPSA) is 49.3 Å². The van der Waals surface area contributed by atoms with Gasteiger partial charge in [0, 0.05) is 11.3 Å². The Morgan fingerprint density at radius 1 is 1.22 bits per heavy atom. The summed E-state index contributed by atoms with van der Waals surface area (Å²) in [5.74, 6) is -0.615. The number of phenols is 1. The van der Waals surface area contributed by atoms with Gasteiger partial charge in [0.25, 0.3) is 5.91 Å². The fourth-order valence-electron chi connectivity index (χ4n) is 1.57. The molecule has 0 spiro atoms. The van der Waals surface area contributed by atoms with Crippen LogP contribution in [0.4, 0.5) is 10.1 Å². The molecule has 0 fully saturated rings. The van der Waals surface area contributed by atoms with Crippen LogP contribution >= 0.6 is 0 Å². The monoisotopic (exact) mass is 245 g/mol. The summed E-state index contributed by atoms with van der Waals surface area (Å²) >= 11 is 0. The van der Waals surface area contributed by atoms with Gasteiger partial charge in [0.05, 0.1) is 0 Å². The normalized spacial score (nSPS) is 10.1. The highest BCUT2D eigenvalue weighted by atomic mass is 19.1. The van der Waals surface area contributed by atoms with Crippen molar-refractivity contribution >= 4 is 11.6 Å². The van der Waals surface area contributed by atoms with E-state index in [1.807, 2.05) is 0 Å². The van der Waals surface area contributed by atoms with E-state index in [-0.39, 0.29) is 11.7 Å². The largest absolute Gasteiger partial charge is 0.508 e. The van der Waals surface area contributed by atoms with Gasteiger partial charge in [0.15, 0.2) is 0 Å². The summed E-state index contributed by atoms with van der Waals surface area (Å²) in [6.07, 6.45) is 0. The van der Waals surface area contributed by atoms with E-state index in [4.69, 9.17) is 0 Å². The smallest absolute Gasteiger partial charge is 0.255 e. The minimum absolute atomic E-state index is 0.136. The van der Waals surface area contributed by atoms with Crippen molar-refractivity contribution in [2.24, 2.45) is 0 Å². The Labute approximate surface area is 104 Å². The number of benzene rings is 2. The molecule has 0 aliphatic heterocycles. The summed E-state index contributed by atoms with van der Waals surface area (Å²) in [6, 6.07) is 10.2. The number of halogens is 1. The van der Waals surface area contributed by atoms with Crippen LogP contribution in [-0.2, 0) is 0 Å². The Morgan fingerprint density at radius 2 is 2.00 bits per heavy atom. The molecule has 0 aliphatic carbocycles. The van der Waals surface area contributed by atoms with Crippen molar-refractivity contribution in [3.8, 4) is 5.75 Å². The zero-order valence-corrected chi connectivity index (χ0v) is 9.77. The van der Waals surface area contributed by atoms with Crippen LogP contribution in [0.1, 0.15) is 15.9 Å². The molecule has 2 aromatic carbocycles. The van der Waals surface area contributed by atoms with Gasteiger partial charge in [-0.15, -0.1) is 0 Å². The Hall–Kier alpha value is -2.36. The minimum Gasteiger partial charge on any atom is -0.508 e. The highest BCUT2D eigenvalue weighted by Crippen LogP contribution is 2.18. The van der Waals surface area contributed by atoms with Gasteiger partial charge in [0.1, 0.15) is 11.6 Å². The molecule has 4 heteroatoms. The van der Waals surface area contributed by atoms with Crippen LogP contribution in [0.3, 0.4) is 0 Å². The van der Waals surface area contributed by atoms with Gasteiger partial charge in [-0.05, 0) is 48.9 Å². The van der Waals surface area contributed by atoms with Crippen LogP contribution in [0.15, 0.2) is 42.5 Å². The Kier molecular flexibility index (Phi) is 3.28. The maximum Gasteiger partial charge on any atom is 0.255 e. The van der Waals surface area contributed by atoms with Crippen molar-refractivity contribution < 1.29 is 14.3 Å². The number of nitrogens with one attached hydrogen (secondary N) is 1. The van der Waals surface area contributed by atoms with E-state index >= 15 is 0 Å². The fraction of sp³-hybridized carbons (Fsp3) is 0.0714. The van der Waals surface area contributed by atoms with Gasteiger partial charge in [-0.3, -0.25) is 4.79 Å². The van der Waals surface area contributed by atoms with E-state index < -0.39 is 5.82 Å². The Balaban J connectivity index is 2.19. The third-order valence-electron chi connectivity index (χ3n) is 2.54. The van der Waals surface area contributed by atoms with Crippen LogP contribution < -0.4 is 5.32 Å². The number of anilines is 1. The highest BCUT2D eigenvalue weighted by Gasteiger charge is 2.08. The van der Waals surface area contributed by atoms with Gasteiger partial charge in [0.2, 0.25) is 0 Å². The number of hydrogen-bond acceptors (Lipinski definition) is 2. The maximum atomic E-state index is 13.0. The van der Waals surface area contributed by atoms with E-state index in [1.54, 1.807) is 19.1 Å². The number of carbonyl (C=O) groups excluding carboxylic acids is 1. The standard InChI is InChI=1S/C14H12FNO2/c1-9-7-10(5-6-13(9)17)14(18)16-12-4-2-3-11(15)8-12/h2-8,17H,1H3,(H,16,18). The molecular formula is C14H12FNO2. The van der Waals surface area contributed by atoms with Crippen molar-refractivity contribution in [1.29, 1.82) is 0 Å². The Bertz CT molecular complexity index is 596. The minimum atomic E-state index is -0.408. The molecule has 0 unspecified atom stereocenters. The van der Waals surface area contributed by atoms with E-state index in [1.165, 1.54) is 30.3 Å². The summed E-state index contributed by atoms with van der Waals surface area (Å²) in [4.78, 5) is 11.9. The molecule has 18 heavy (non-hydrogen) atoms. The van der Waals surface area contributed by atoms with Crippen LogP contribution in [0.25, 0.3) is 0 Å². The molecule has 0 aromatic heterocycles. The summed E-state index contributed by atoms with van der Waals surface area (Å²) in [6.45, 7) is 1.70. The molecular weight excluding hydrogens is 233 g/mol. The summed E-state index contributed by atoms with van der Waals surface area (Å²) < 4.78 is 13.0. The molecule has 2 N–H and O–H groups in total. The van der Waals surface area contributed by atoms with Gasteiger partial charge in [-0.25, -0.2) is 4.39 Å². The molecule has 1 amide bonds. The van der Waals surface area contributed by atoms with Crippen molar-refractivity contribution in [3.63, 3.8) is 0 Å². The zero-order chi connectivity index (χ0) is 13.1. The molecule has 92 valence electrons. The summed E-state index contributed by atoms with van der Waals surface area (Å²) in [5, 5.41) is 12.0.